The molecule has 0 fully saturated rings. The van der Waals surface area contributed by atoms with Gasteiger partial charge in [-0.15, -0.1) is 0 Å². The van der Waals surface area contributed by atoms with Crippen LogP contribution in [0.3, 0.4) is 0 Å². The third kappa shape index (κ3) is 415. The van der Waals surface area contributed by atoms with Crippen LogP contribution in [0.5, 0.6) is 0 Å². The molecule has 0 rings (SSSR count). The van der Waals surface area contributed by atoms with Crippen molar-refractivity contribution in [2.45, 2.75) is 7.43 Å². The Bertz CT molecular complexity index is 27.2. The van der Waals surface area contributed by atoms with E-state index in [1.807, 2.05) is 0 Å². The zero-order chi connectivity index (χ0) is 4.50. The minimum absolute atomic E-state index is 0. The van der Waals surface area contributed by atoms with Gasteiger partial charge < -0.3 is 19.2 Å². The van der Waals surface area contributed by atoms with E-state index >= 15 is 0 Å². The van der Waals surface area contributed by atoms with Gasteiger partial charge in [-0.25, -0.2) is 0 Å². The van der Waals surface area contributed by atoms with Crippen LogP contribution in [0.4, 0.5) is 0 Å². The fraction of sp³-hybridized carbons (Fsp3) is 1.00. The van der Waals surface area contributed by atoms with Crippen LogP contribution in [0, 0.1) is 0 Å². The van der Waals surface area contributed by atoms with E-state index < -0.39 is 9.05 Å². The van der Waals surface area contributed by atoms with Gasteiger partial charge in [0.25, 0.3) is 0 Å². The van der Waals surface area contributed by atoms with Crippen LogP contribution in [0.25, 0.3) is 0 Å². The molecule has 0 saturated heterocycles. The molecule has 0 aliphatic carbocycles. The first-order valence-corrected chi connectivity index (χ1v) is 2.68. The van der Waals surface area contributed by atoms with Crippen LogP contribution < -0.4 is 0 Å². The van der Waals surface area contributed by atoms with Crippen molar-refractivity contribution in [1.82, 2.24) is 0 Å². The quantitative estimate of drug-likeness (QED) is 0.315. The van der Waals surface area contributed by atoms with Gasteiger partial charge in [0, 0.05) is 17.1 Å². The maximum absolute atomic E-state index is 7.33. The molecule has 4 nitrogen and oxygen atoms in total. The summed E-state index contributed by atoms with van der Waals surface area (Å²) in [5.74, 6) is 0. The van der Waals surface area contributed by atoms with Crippen molar-refractivity contribution in [3.05, 3.63) is 0 Å². The summed E-state index contributed by atoms with van der Waals surface area (Å²) in [7, 11) is -4.61. The largest absolute Gasteiger partial charge is 0.668 e. The first-order chi connectivity index (χ1) is 2.00. The van der Waals surface area contributed by atoms with Crippen molar-refractivity contribution in [2.75, 3.05) is 0 Å². The SMILES string of the molecule is C.O[Si](O)(O)O.[Mn]. The summed E-state index contributed by atoms with van der Waals surface area (Å²) < 4.78 is 0. The van der Waals surface area contributed by atoms with Crippen LogP contribution in [-0.2, 0) is 17.1 Å². The van der Waals surface area contributed by atoms with Crippen molar-refractivity contribution in [3.8, 4) is 0 Å². The molecule has 0 saturated carbocycles. The van der Waals surface area contributed by atoms with E-state index in [1.165, 1.54) is 0 Å². The van der Waals surface area contributed by atoms with Gasteiger partial charge >= 0.3 is 9.05 Å². The average Bonchev–Trinajstić information content (AvgIpc) is 0.722. The van der Waals surface area contributed by atoms with Crippen LogP contribution in [0.15, 0.2) is 0 Å². The zero-order valence-electron chi connectivity index (χ0n) is 2.67. The van der Waals surface area contributed by atoms with Gasteiger partial charge in [-0.3, -0.25) is 0 Å². The fourth-order valence-corrected chi connectivity index (χ4v) is 0. The van der Waals surface area contributed by atoms with E-state index in [0.717, 1.165) is 0 Å². The molecule has 4 N–H and O–H groups in total. The van der Waals surface area contributed by atoms with Crippen molar-refractivity contribution in [2.24, 2.45) is 0 Å². The van der Waals surface area contributed by atoms with Gasteiger partial charge in [0.15, 0.2) is 0 Å². The number of hydrogen-bond donors (Lipinski definition) is 4. The summed E-state index contributed by atoms with van der Waals surface area (Å²) in [4.78, 5) is 29.3. The van der Waals surface area contributed by atoms with Gasteiger partial charge in [0.05, 0.1) is 0 Å². The molecule has 0 atom stereocenters. The topological polar surface area (TPSA) is 80.9 Å². The van der Waals surface area contributed by atoms with Crippen molar-refractivity contribution in [1.29, 1.82) is 0 Å². The predicted octanol–water partition coefficient (Wildman–Crippen LogP) is -1.98. The molecule has 0 amide bonds. The molecule has 0 aromatic rings. The minimum Gasteiger partial charge on any atom is -0.368 e. The van der Waals surface area contributed by atoms with Crippen molar-refractivity contribution < 1.29 is 36.3 Å². The van der Waals surface area contributed by atoms with Gasteiger partial charge in [0.2, 0.25) is 0 Å². The zero-order valence-corrected chi connectivity index (χ0v) is 4.85. The molecule has 0 unspecified atom stereocenters. The van der Waals surface area contributed by atoms with E-state index in [-0.39, 0.29) is 24.5 Å². The molecule has 6 heteroatoms. The average molecular weight is 167 g/mol. The Morgan fingerprint density at radius 1 is 0.857 bits per heavy atom. The molecule has 47 valence electrons. The van der Waals surface area contributed by atoms with Crippen LogP contribution >= 0.6 is 0 Å². The standard InChI is InChI=1S/CH4.Mn.H4O4Si/c;;1-5(2,3)4/h1H4;;1-4H. The van der Waals surface area contributed by atoms with Crippen LogP contribution in [0.1, 0.15) is 7.43 Å². The van der Waals surface area contributed by atoms with Gasteiger partial charge in [0.1, 0.15) is 0 Å². The Morgan fingerprint density at radius 3 is 0.857 bits per heavy atom. The maximum atomic E-state index is 7.33. The molecule has 0 aliphatic heterocycles. The Balaban J connectivity index is -0.0000000800. The Labute approximate surface area is 53.4 Å². The second kappa shape index (κ2) is 4.73. The Morgan fingerprint density at radius 2 is 0.857 bits per heavy atom. The Hall–Kier alpha value is 0.576. The summed E-state index contributed by atoms with van der Waals surface area (Å²) in [5, 5.41) is 0. The summed E-state index contributed by atoms with van der Waals surface area (Å²) in [6.07, 6.45) is 0. The molecule has 0 spiro atoms. The molecular formula is CH8MnO4Si. The van der Waals surface area contributed by atoms with E-state index in [2.05, 4.69) is 0 Å². The van der Waals surface area contributed by atoms with Crippen LogP contribution in [0.2, 0.25) is 0 Å². The first kappa shape index (κ1) is 15.6. The van der Waals surface area contributed by atoms with Crippen molar-refractivity contribution in [3.63, 3.8) is 0 Å². The molecule has 0 aliphatic rings. The summed E-state index contributed by atoms with van der Waals surface area (Å²) in [5.41, 5.74) is 0. The summed E-state index contributed by atoms with van der Waals surface area (Å²) in [6.45, 7) is 0. The molecule has 0 heterocycles. The maximum Gasteiger partial charge on any atom is 0.668 e. The third-order valence-electron chi connectivity index (χ3n) is 0. The summed E-state index contributed by atoms with van der Waals surface area (Å²) in [6, 6.07) is 0. The smallest absolute Gasteiger partial charge is 0.368 e. The number of rotatable bonds is 0. The minimum atomic E-state index is -4.61. The molecule has 0 bridgehead atoms. The van der Waals surface area contributed by atoms with E-state index in [0.29, 0.717) is 0 Å². The second-order valence-electron chi connectivity index (χ2n) is 0.600. The van der Waals surface area contributed by atoms with Gasteiger partial charge in [-0.05, 0) is 0 Å². The molecule has 0 aromatic carbocycles. The van der Waals surface area contributed by atoms with E-state index in [4.69, 9.17) is 19.2 Å². The first-order valence-electron chi connectivity index (χ1n) is 0.894. The van der Waals surface area contributed by atoms with E-state index in [9.17, 15) is 0 Å². The molecule has 0 aromatic heterocycles. The van der Waals surface area contributed by atoms with Gasteiger partial charge in [-0.2, -0.15) is 0 Å². The predicted molar refractivity (Wildman–Crippen MR) is 21.4 cm³/mol. The third-order valence-corrected chi connectivity index (χ3v) is 0. The van der Waals surface area contributed by atoms with Gasteiger partial charge in [-0.1, -0.05) is 7.43 Å². The normalized spacial score (nSPS) is 8.57. The molecule has 7 heavy (non-hydrogen) atoms. The van der Waals surface area contributed by atoms with Crippen LogP contribution in [-0.4, -0.2) is 28.2 Å². The number of hydrogen-bond acceptors (Lipinski definition) is 4. The molecule has 1 radical (unpaired) electrons. The molecular weight excluding hydrogens is 159 g/mol. The van der Waals surface area contributed by atoms with Crippen molar-refractivity contribution >= 4 is 9.05 Å². The monoisotopic (exact) mass is 167 g/mol. The Kier molecular flexibility index (Phi) is 10.6. The van der Waals surface area contributed by atoms with E-state index in [1.54, 1.807) is 0 Å². The summed E-state index contributed by atoms with van der Waals surface area (Å²) >= 11 is 0. The fourth-order valence-electron chi connectivity index (χ4n) is 0. The second-order valence-corrected chi connectivity index (χ2v) is 1.80.